The van der Waals surface area contributed by atoms with E-state index in [1.807, 2.05) is 0 Å². The number of carbonyl (C=O) groups excluding carboxylic acids is 1. The molecule has 0 saturated carbocycles. The number of pyridine rings is 1. The number of thiazole rings is 1. The van der Waals surface area contributed by atoms with E-state index in [9.17, 15) is 19.2 Å². The molecule has 0 bridgehead atoms. The number of aryl methyl sites for hydroxylation is 1. The summed E-state index contributed by atoms with van der Waals surface area (Å²) in [6.45, 7) is 6.87. The van der Waals surface area contributed by atoms with Crippen molar-refractivity contribution in [3.05, 3.63) is 33.2 Å². The molecule has 0 atom stereocenters. The summed E-state index contributed by atoms with van der Waals surface area (Å²) >= 11 is 0.924. The van der Waals surface area contributed by atoms with Gasteiger partial charge in [0.25, 0.3) is 0 Å². The van der Waals surface area contributed by atoms with Crippen LogP contribution >= 0.6 is 11.3 Å². The highest BCUT2D eigenvalue weighted by molar-refractivity contribution is 8.01. The van der Waals surface area contributed by atoms with Crippen LogP contribution in [0.15, 0.2) is 4.21 Å². The van der Waals surface area contributed by atoms with Crippen LogP contribution in [0.2, 0.25) is 0 Å². The van der Waals surface area contributed by atoms with Crippen molar-refractivity contribution in [2.75, 3.05) is 5.32 Å². The maximum Gasteiger partial charge on any atom is 0.330 e. The first-order valence-corrected chi connectivity index (χ1v) is 13.3. The molecule has 0 aromatic carbocycles. The maximum absolute atomic E-state index is 13.3. The summed E-state index contributed by atoms with van der Waals surface area (Å²) in [4.78, 5) is 22.0. The molecule has 9 nitrogen and oxygen atoms in total. The molecule has 32 heavy (non-hydrogen) atoms. The Hall–Kier alpha value is -1.92. The smallest absolute Gasteiger partial charge is 0.330 e. The zero-order valence-corrected chi connectivity index (χ0v) is 20.5. The summed E-state index contributed by atoms with van der Waals surface area (Å²) in [5.41, 5.74) is 3.61. The van der Waals surface area contributed by atoms with Crippen LogP contribution in [0.1, 0.15) is 73.8 Å². The number of fused-ring (bicyclic) bond motifs is 2. The normalized spacial score (nSPS) is 17.7. The molecule has 0 aliphatic heterocycles. The number of hydrogen-bond acceptors (Lipinski definition) is 7. The van der Waals surface area contributed by atoms with E-state index in [0.29, 0.717) is 0 Å². The van der Waals surface area contributed by atoms with Crippen LogP contribution in [0, 0.1) is 0 Å². The van der Waals surface area contributed by atoms with Gasteiger partial charge in [0.2, 0.25) is 0 Å². The Kier molecular flexibility index (Phi) is 5.70. The lowest BCUT2D eigenvalue weighted by molar-refractivity contribution is 0.0779. The van der Waals surface area contributed by atoms with Crippen molar-refractivity contribution in [1.29, 1.82) is 0 Å². The summed E-state index contributed by atoms with van der Waals surface area (Å²) in [6, 6.07) is -0.676. The average molecular weight is 482 g/mol. The first-order chi connectivity index (χ1) is 14.8. The lowest BCUT2D eigenvalue weighted by Crippen LogP contribution is -2.45. The Bertz CT molecular complexity index is 1140. The number of nitrogens with zero attached hydrogens (tertiary/aromatic N) is 2. The van der Waals surface area contributed by atoms with Crippen LogP contribution in [0.4, 0.5) is 10.5 Å². The Morgan fingerprint density at radius 1 is 1.25 bits per heavy atom. The number of amides is 2. The van der Waals surface area contributed by atoms with Crippen LogP contribution in [0.5, 0.6) is 0 Å². The van der Waals surface area contributed by atoms with E-state index in [1.165, 1.54) is 13.8 Å². The first kappa shape index (κ1) is 23.2. The average Bonchev–Trinajstić information content (AvgIpc) is 3.38. The van der Waals surface area contributed by atoms with Crippen molar-refractivity contribution in [3.63, 3.8) is 0 Å². The molecular weight excluding hydrogens is 450 g/mol. The SMILES string of the molecule is CC(C)(O)c1nc(CO)c([SH](N)(=O)NC(=O)Nc2c3c(nc4c2CCC4(C)C)CCC3)s1. The van der Waals surface area contributed by atoms with Crippen LogP contribution in [-0.2, 0) is 47.2 Å². The fourth-order valence-electron chi connectivity index (χ4n) is 4.44. The van der Waals surface area contributed by atoms with Gasteiger partial charge in [0, 0.05) is 21.4 Å². The fourth-order valence-corrected chi connectivity index (χ4v) is 7.16. The number of aromatic nitrogens is 2. The standard InChI is InChI=1S/C21H31N5O4S2/c1-20(2)9-8-12-15(11-6-5-7-13(11)23-16(12)20)25-19(28)26-32(22,30)17-14(10-27)24-18(31-17)21(3,4)29/h27,29,32H,5-10H2,1-4H3,(H4,22,23,25,26,28,30). The summed E-state index contributed by atoms with van der Waals surface area (Å²) < 4.78 is 15.8. The van der Waals surface area contributed by atoms with Gasteiger partial charge in [-0.05, 0) is 57.1 Å². The van der Waals surface area contributed by atoms with Crippen LogP contribution in [-0.4, -0.2) is 30.4 Å². The van der Waals surface area contributed by atoms with Crippen molar-refractivity contribution in [1.82, 2.24) is 14.7 Å². The molecule has 2 amide bonds. The molecule has 2 aromatic rings. The van der Waals surface area contributed by atoms with E-state index in [1.54, 1.807) is 0 Å². The number of urea groups is 1. The Balaban J connectivity index is 1.63. The molecule has 0 unspecified atom stereocenters. The molecule has 0 fully saturated rings. The molecule has 2 aliphatic carbocycles. The van der Waals surface area contributed by atoms with Gasteiger partial charge in [-0.15, -0.1) is 11.3 Å². The van der Waals surface area contributed by atoms with Crippen molar-refractivity contribution in [2.24, 2.45) is 5.14 Å². The van der Waals surface area contributed by atoms with Gasteiger partial charge in [-0.3, -0.25) is 14.8 Å². The number of aliphatic hydroxyl groups is 2. The zero-order chi connectivity index (χ0) is 23.5. The Morgan fingerprint density at radius 3 is 2.62 bits per heavy atom. The number of nitrogens with two attached hydrogens (primary N) is 1. The van der Waals surface area contributed by atoms with Crippen molar-refractivity contribution in [3.8, 4) is 0 Å². The zero-order valence-electron chi connectivity index (χ0n) is 18.8. The highest BCUT2D eigenvalue weighted by Crippen LogP contribution is 2.44. The molecule has 11 heteroatoms. The molecular formula is C21H31N5O4S2. The van der Waals surface area contributed by atoms with Crippen molar-refractivity contribution in [2.45, 2.75) is 81.6 Å². The minimum Gasteiger partial charge on any atom is -0.390 e. The molecule has 6 N–H and O–H groups in total. The molecule has 2 aromatic heterocycles. The molecule has 0 saturated heterocycles. The highest BCUT2D eigenvalue weighted by Gasteiger charge is 2.37. The number of aliphatic hydroxyl groups excluding tert-OH is 1. The van der Waals surface area contributed by atoms with Crippen LogP contribution in [0.25, 0.3) is 0 Å². The monoisotopic (exact) mass is 481 g/mol. The van der Waals surface area contributed by atoms with E-state index in [-0.39, 0.29) is 20.3 Å². The largest absolute Gasteiger partial charge is 0.390 e. The van der Waals surface area contributed by atoms with E-state index in [0.717, 1.165) is 71.6 Å². The van der Waals surface area contributed by atoms with Gasteiger partial charge in [-0.2, -0.15) is 0 Å². The third kappa shape index (κ3) is 4.08. The summed E-state index contributed by atoms with van der Waals surface area (Å²) in [5.74, 6) is 0. The van der Waals surface area contributed by atoms with Gasteiger partial charge in [0.1, 0.15) is 14.8 Å². The van der Waals surface area contributed by atoms with E-state index in [2.05, 4.69) is 28.9 Å². The quantitative estimate of drug-likeness (QED) is 0.359. The molecule has 0 radical (unpaired) electrons. The summed E-state index contributed by atoms with van der Waals surface area (Å²) in [5, 5.41) is 29.1. The topological polar surface area (TPSA) is 150 Å². The number of nitrogens with one attached hydrogen (secondary N) is 2. The van der Waals surface area contributed by atoms with Gasteiger partial charge < -0.3 is 15.5 Å². The Labute approximate surface area is 192 Å². The predicted molar refractivity (Wildman–Crippen MR) is 125 cm³/mol. The predicted octanol–water partition coefficient (Wildman–Crippen LogP) is 1.96. The fraction of sp³-hybridized carbons (Fsp3) is 0.571. The molecule has 4 rings (SSSR count). The number of carbonyl (C=O) groups is 1. The van der Waals surface area contributed by atoms with E-state index >= 15 is 0 Å². The van der Waals surface area contributed by atoms with Crippen molar-refractivity contribution < 1.29 is 19.2 Å². The molecule has 0 spiro atoms. The van der Waals surface area contributed by atoms with Gasteiger partial charge in [-0.25, -0.2) is 14.0 Å². The van der Waals surface area contributed by atoms with Crippen molar-refractivity contribution >= 4 is 33.4 Å². The third-order valence-corrected chi connectivity index (χ3v) is 9.82. The summed E-state index contributed by atoms with van der Waals surface area (Å²) in [6.07, 6.45) is 4.47. The number of hydrogen-bond donors (Lipinski definition) is 6. The first-order valence-electron chi connectivity index (χ1n) is 10.7. The van der Waals surface area contributed by atoms with Gasteiger partial charge in [0.15, 0.2) is 0 Å². The highest BCUT2D eigenvalue weighted by atomic mass is 32.3. The van der Waals surface area contributed by atoms with Gasteiger partial charge in [-0.1, -0.05) is 13.8 Å². The second kappa shape index (κ2) is 7.84. The third-order valence-electron chi connectivity index (χ3n) is 6.12. The second-order valence-corrected chi connectivity index (χ2v) is 13.0. The van der Waals surface area contributed by atoms with E-state index < -0.39 is 28.5 Å². The Morgan fingerprint density at radius 2 is 1.97 bits per heavy atom. The minimum absolute atomic E-state index is 0.0603. The van der Waals surface area contributed by atoms with Gasteiger partial charge in [0.05, 0.1) is 23.7 Å². The van der Waals surface area contributed by atoms with Gasteiger partial charge >= 0.3 is 6.03 Å². The molecule has 2 heterocycles. The molecule has 176 valence electrons. The molecule has 2 aliphatic rings. The summed E-state index contributed by atoms with van der Waals surface area (Å²) in [7, 11) is -3.90. The lowest BCUT2D eigenvalue weighted by atomic mass is 9.90. The van der Waals surface area contributed by atoms with Crippen LogP contribution in [0.3, 0.4) is 0 Å². The minimum atomic E-state index is -3.90. The second-order valence-electron chi connectivity index (χ2n) is 9.69. The maximum atomic E-state index is 13.3. The number of thiol groups is 1. The number of anilines is 1. The van der Waals surface area contributed by atoms with E-state index in [4.69, 9.17) is 10.1 Å². The lowest BCUT2D eigenvalue weighted by Gasteiger charge is -2.23. The van der Waals surface area contributed by atoms with Crippen LogP contribution < -0.4 is 15.2 Å². The number of rotatable bonds is 5.